The summed E-state index contributed by atoms with van der Waals surface area (Å²) in [5, 5.41) is 0. The third-order valence-corrected chi connectivity index (χ3v) is 8.75. The molecule has 3 atom stereocenters. The molecule has 0 N–H and O–H groups in total. The van der Waals surface area contributed by atoms with Crippen LogP contribution in [0.5, 0.6) is 0 Å². The summed E-state index contributed by atoms with van der Waals surface area (Å²) in [6, 6.07) is 40.2. The molecule has 51 heavy (non-hydrogen) atoms. The van der Waals surface area contributed by atoms with E-state index in [2.05, 4.69) is 30.9 Å². The molecule has 270 valence electrons. The van der Waals surface area contributed by atoms with Gasteiger partial charge in [-0.1, -0.05) is 185 Å². The van der Waals surface area contributed by atoms with Crippen molar-refractivity contribution in [1.29, 1.82) is 0 Å². The number of benzene rings is 4. The van der Waals surface area contributed by atoms with Crippen LogP contribution >= 0.6 is 0 Å². The molecule has 5 nitrogen and oxygen atoms in total. The van der Waals surface area contributed by atoms with Gasteiger partial charge in [0.05, 0.1) is 39.1 Å². The van der Waals surface area contributed by atoms with Gasteiger partial charge in [0, 0.05) is 12.8 Å². The van der Waals surface area contributed by atoms with Gasteiger partial charge in [-0.25, -0.2) is 0 Å². The second-order valence-corrected chi connectivity index (χ2v) is 13.0. The second kappa shape index (κ2) is 25.0. The zero-order valence-electron chi connectivity index (χ0n) is 30.4. The summed E-state index contributed by atoms with van der Waals surface area (Å²) in [6.45, 7) is 4.30. The van der Waals surface area contributed by atoms with E-state index in [1.165, 1.54) is 32.1 Å². The Hall–Kier alpha value is -4.05. The number of rotatable bonds is 25. The van der Waals surface area contributed by atoms with Crippen molar-refractivity contribution in [1.82, 2.24) is 0 Å². The maximum atomic E-state index is 14.4. The molecule has 0 aliphatic carbocycles. The van der Waals surface area contributed by atoms with Crippen molar-refractivity contribution < 1.29 is 23.7 Å². The Bertz CT molecular complexity index is 1520. The Morgan fingerprint density at radius 3 is 1.59 bits per heavy atom. The van der Waals surface area contributed by atoms with Crippen LogP contribution in [0, 0.1) is 11.8 Å². The molecule has 0 unspecified atom stereocenters. The molecule has 0 heterocycles. The minimum absolute atomic E-state index is 0.0559. The number of unbranched alkanes of at least 4 members (excludes halogenated alkanes) is 6. The number of hydrogen-bond acceptors (Lipinski definition) is 5. The SMILES string of the molecule is CCCCCCCCC[C@H](CC(=O)[C@@H](OCc1ccccc1)[C@H](C#CCCOCc1ccccc1)OCc1ccccc1)OCc1ccccc1. The average molecular weight is 689 g/mol. The van der Waals surface area contributed by atoms with E-state index in [1.807, 2.05) is 109 Å². The first-order valence-electron chi connectivity index (χ1n) is 18.8. The zero-order chi connectivity index (χ0) is 35.6. The van der Waals surface area contributed by atoms with Crippen LogP contribution in [-0.2, 0) is 50.2 Å². The number of Topliss-reactive ketones (excluding diaryl/α,β-unsaturated/α-hetero) is 1. The van der Waals surface area contributed by atoms with E-state index in [0.717, 1.165) is 41.5 Å². The Morgan fingerprint density at radius 1 is 0.569 bits per heavy atom. The van der Waals surface area contributed by atoms with Crippen molar-refractivity contribution in [2.24, 2.45) is 0 Å². The first kappa shape index (κ1) is 39.7. The highest BCUT2D eigenvalue weighted by molar-refractivity contribution is 5.84. The van der Waals surface area contributed by atoms with Gasteiger partial charge < -0.3 is 18.9 Å². The van der Waals surface area contributed by atoms with Crippen molar-refractivity contribution in [3.63, 3.8) is 0 Å². The van der Waals surface area contributed by atoms with Crippen molar-refractivity contribution in [3.8, 4) is 11.8 Å². The standard InChI is InChI=1S/C46H56O5/c1-2-3-4-5-6-7-20-31-43(49-36-40-25-14-9-15-26-40)34-44(47)46(51-38-42-29-18-11-19-30-42)45(50-37-41-27-16-10-17-28-41)32-21-22-33-48-35-39-23-12-8-13-24-39/h8-19,23-30,43,45-46H,2-7,20,22,31,33-38H2,1H3/t43-,45+,46-/m1/s1. The summed E-state index contributed by atoms with van der Waals surface area (Å²) < 4.78 is 25.2. The highest BCUT2D eigenvalue weighted by Crippen LogP contribution is 2.20. The lowest BCUT2D eigenvalue weighted by atomic mass is 9.99. The van der Waals surface area contributed by atoms with Gasteiger partial charge in [0.15, 0.2) is 18.0 Å². The second-order valence-electron chi connectivity index (χ2n) is 13.0. The maximum absolute atomic E-state index is 14.4. The average Bonchev–Trinajstić information content (AvgIpc) is 3.18. The monoisotopic (exact) mass is 688 g/mol. The third-order valence-electron chi connectivity index (χ3n) is 8.75. The fourth-order valence-electron chi connectivity index (χ4n) is 5.84. The molecule has 4 aromatic carbocycles. The van der Waals surface area contributed by atoms with Gasteiger partial charge in [0.25, 0.3) is 0 Å². The van der Waals surface area contributed by atoms with Crippen LogP contribution in [0.25, 0.3) is 0 Å². The van der Waals surface area contributed by atoms with Gasteiger partial charge >= 0.3 is 0 Å². The normalized spacial score (nSPS) is 12.8. The highest BCUT2D eigenvalue weighted by Gasteiger charge is 2.31. The molecule has 5 heteroatoms. The number of ether oxygens (including phenoxy) is 4. The summed E-state index contributed by atoms with van der Waals surface area (Å²) in [6.07, 6.45) is 8.13. The van der Waals surface area contributed by atoms with Crippen LogP contribution < -0.4 is 0 Å². The van der Waals surface area contributed by atoms with Crippen molar-refractivity contribution in [3.05, 3.63) is 144 Å². The number of carbonyl (C=O) groups is 1. The summed E-state index contributed by atoms with van der Waals surface area (Å²) >= 11 is 0. The molecule has 0 fully saturated rings. The van der Waals surface area contributed by atoms with E-state index in [0.29, 0.717) is 32.8 Å². The van der Waals surface area contributed by atoms with Gasteiger partial charge in [-0.05, 0) is 28.7 Å². The molecule has 0 saturated heterocycles. The molecule has 4 rings (SSSR count). The van der Waals surface area contributed by atoms with Crippen LogP contribution in [0.3, 0.4) is 0 Å². The van der Waals surface area contributed by atoms with E-state index < -0.39 is 12.2 Å². The first-order chi connectivity index (χ1) is 25.2. The molecule has 0 bridgehead atoms. The fourth-order valence-corrected chi connectivity index (χ4v) is 5.84. The largest absolute Gasteiger partial charge is 0.376 e. The maximum Gasteiger partial charge on any atom is 0.167 e. The summed E-state index contributed by atoms with van der Waals surface area (Å²) in [4.78, 5) is 14.4. The van der Waals surface area contributed by atoms with E-state index in [1.54, 1.807) is 0 Å². The molecule has 0 aliphatic heterocycles. The van der Waals surface area contributed by atoms with Crippen LogP contribution in [0.1, 0.15) is 93.4 Å². The number of ketones is 1. The summed E-state index contributed by atoms with van der Waals surface area (Å²) in [7, 11) is 0. The number of carbonyl (C=O) groups excluding carboxylic acids is 1. The molecular formula is C46H56O5. The van der Waals surface area contributed by atoms with Gasteiger partial charge in [0.1, 0.15) is 0 Å². The topological polar surface area (TPSA) is 54.0 Å². The van der Waals surface area contributed by atoms with Gasteiger partial charge in [0.2, 0.25) is 0 Å². The zero-order valence-corrected chi connectivity index (χ0v) is 30.4. The smallest absolute Gasteiger partial charge is 0.167 e. The minimum atomic E-state index is -0.886. The lowest BCUT2D eigenvalue weighted by Gasteiger charge is -2.26. The van der Waals surface area contributed by atoms with Crippen LogP contribution in [-0.4, -0.2) is 30.7 Å². The van der Waals surface area contributed by atoms with E-state index in [4.69, 9.17) is 18.9 Å². The predicted molar refractivity (Wildman–Crippen MR) is 206 cm³/mol. The van der Waals surface area contributed by atoms with Crippen molar-refractivity contribution in [2.75, 3.05) is 6.61 Å². The fraction of sp³-hybridized carbons (Fsp3) is 0.413. The quantitative estimate of drug-likeness (QED) is 0.0512. The molecule has 0 saturated carbocycles. The molecule has 0 spiro atoms. The highest BCUT2D eigenvalue weighted by atomic mass is 16.5. The van der Waals surface area contributed by atoms with Crippen LogP contribution in [0.4, 0.5) is 0 Å². The molecule has 0 aliphatic rings. The Kier molecular flexibility index (Phi) is 19.5. The summed E-state index contributed by atoms with van der Waals surface area (Å²) in [5.41, 5.74) is 4.21. The van der Waals surface area contributed by atoms with E-state index in [-0.39, 0.29) is 24.9 Å². The minimum Gasteiger partial charge on any atom is -0.376 e. The van der Waals surface area contributed by atoms with Gasteiger partial charge in [-0.3, -0.25) is 4.79 Å². The summed E-state index contributed by atoms with van der Waals surface area (Å²) in [5.74, 6) is 6.46. The molecule has 0 radical (unpaired) electrons. The van der Waals surface area contributed by atoms with E-state index >= 15 is 0 Å². The molecule has 0 aromatic heterocycles. The number of hydrogen-bond donors (Lipinski definition) is 0. The van der Waals surface area contributed by atoms with Crippen LogP contribution in [0.2, 0.25) is 0 Å². The lowest BCUT2D eigenvalue weighted by molar-refractivity contribution is -0.144. The molecular weight excluding hydrogens is 633 g/mol. The van der Waals surface area contributed by atoms with Crippen LogP contribution in [0.15, 0.2) is 121 Å². The molecule has 4 aromatic rings. The lowest BCUT2D eigenvalue weighted by Crippen LogP contribution is -2.39. The van der Waals surface area contributed by atoms with E-state index in [9.17, 15) is 4.79 Å². The Morgan fingerprint density at radius 2 is 1.04 bits per heavy atom. The molecule has 0 amide bonds. The predicted octanol–water partition coefficient (Wildman–Crippen LogP) is 10.5. The van der Waals surface area contributed by atoms with Crippen molar-refractivity contribution >= 4 is 5.78 Å². The Labute approximate surface area is 306 Å². The first-order valence-corrected chi connectivity index (χ1v) is 18.8. The van der Waals surface area contributed by atoms with Gasteiger partial charge in [-0.15, -0.1) is 0 Å². The van der Waals surface area contributed by atoms with Gasteiger partial charge in [-0.2, -0.15) is 0 Å². The third kappa shape index (κ3) is 16.7. The Balaban J connectivity index is 1.48. The van der Waals surface area contributed by atoms with Crippen molar-refractivity contribution in [2.45, 2.75) is 116 Å².